The highest BCUT2D eigenvalue weighted by Crippen LogP contribution is 2.21. The van der Waals surface area contributed by atoms with E-state index in [-0.39, 0.29) is 0 Å². The maximum Gasteiger partial charge on any atom is 0.200 e. The van der Waals surface area contributed by atoms with Crippen LogP contribution < -0.4 is 5.32 Å². The van der Waals surface area contributed by atoms with Gasteiger partial charge >= 0.3 is 0 Å². The summed E-state index contributed by atoms with van der Waals surface area (Å²) in [7, 11) is 0. The summed E-state index contributed by atoms with van der Waals surface area (Å²) in [5, 5.41) is 19.2. The molecule has 0 bridgehead atoms. The maximum absolute atomic E-state index is 4.39. The first kappa shape index (κ1) is 14.1. The van der Waals surface area contributed by atoms with Crippen LogP contribution in [0, 0.1) is 5.92 Å². The smallest absolute Gasteiger partial charge is 0.200 e. The van der Waals surface area contributed by atoms with Gasteiger partial charge in [-0.2, -0.15) is 0 Å². The Kier molecular flexibility index (Phi) is 3.63. The molecule has 118 valence electrons. The molecule has 1 fully saturated rings. The van der Waals surface area contributed by atoms with Crippen molar-refractivity contribution in [3.8, 4) is 0 Å². The summed E-state index contributed by atoms with van der Waals surface area (Å²) in [4.78, 5) is 2.48. The average molecular weight is 309 g/mol. The van der Waals surface area contributed by atoms with Crippen LogP contribution in [0.15, 0.2) is 42.5 Å². The van der Waals surface area contributed by atoms with Crippen molar-refractivity contribution < 1.29 is 0 Å². The molecule has 4 rings (SSSR count). The van der Waals surface area contributed by atoms with Crippen LogP contribution in [0.5, 0.6) is 0 Å². The number of nitrogens with one attached hydrogen (secondary N) is 1. The minimum atomic E-state index is 0.375. The number of hydrogen-bond donors (Lipinski definition) is 1. The van der Waals surface area contributed by atoms with Crippen molar-refractivity contribution in [2.24, 2.45) is 5.92 Å². The third-order valence-electron chi connectivity index (χ3n) is 4.34. The Morgan fingerprint density at radius 2 is 2.00 bits per heavy atom. The SMILES string of the molecule is CC1CN(Cc2ccccc2)CC1Nc1ccc2nnnn2n1. The highest BCUT2D eigenvalue weighted by Gasteiger charge is 2.29. The Morgan fingerprint density at radius 1 is 1.13 bits per heavy atom. The highest BCUT2D eigenvalue weighted by molar-refractivity contribution is 5.43. The standard InChI is InChI=1S/C16H19N7/c1-12-9-22(10-13-5-3-2-4-6-13)11-14(12)17-15-7-8-16-18-20-21-23(16)19-15/h2-8,12,14H,9-11H2,1H3,(H,17,19). The summed E-state index contributed by atoms with van der Waals surface area (Å²) in [6.07, 6.45) is 0. The molecule has 2 aromatic heterocycles. The quantitative estimate of drug-likeness (QED) is 0.786. The molecule has 3 heterocycles. The second kappa shape index (κ2) is 5.92. The van der Waals surface area contributed by atoms with Crippen LogP contribution in [-0.2, 0) is 6.54 Å². The number of rotatable bonds is 4. The molecule has 1 aromatic carbocycles. The van der Waals surface area contributed by atoms with Crippen LogP contribution in [0.3, 0.4) is 0 Å². The maximum atomic E-state index is 4.39. The van der Waals surface area contributed by atoms with Gasteiger partial charge in [0.1, 0.15) is 5.82 Å². The van der Waals surface area contributed by atoms with Gasteiger partial charge in [-0.05, 0) is 34.0 Å². The topological polar surface area (TPSA) is 71.2 Å². The lowest BCUT2D eigenvalue weighted by Crippen LogP contribution is -2.28. The molecular formula is C16H19N7. The molecule has 1 aliphatic rings. The van der Waals surface area contributed by atoms with Crippen molar-refractivity contribution in [3.63, 3.8) is 0 Å². The predicted octanol–water partition coefficient (Wildman–Crippen LogP) is 1.45. The molecule has 2 atom stereocenters. The Balaban J connectivity index is 1.43. The predicted molar refractivity (Wildman–Crippen MR) is 86.9 cm³/mol. The zero-order valence-corrected chi connectivity index (χ0v) is 13.0. The van der Waals surface area contributed by atoms with Crippen LogP contribution >= 0.6 is 0 Å². The van der Waals surface area contributed by atoms with Crippen molar-refractivity contribution in [1.29, 1.82) is 0 Å². The Bertz CT molecular complexity index is 785. The van der Waals surface area contributed by atoms with Crippen molar-refractivity contribution in [2.75, 3.05) is 18.4 Å². The molecular weight excluding hydrogens is 290 g/mol. The number of nitrogens with zero attached hydrogens (tertiary/aromatic N) is 6. The van der Waals surface area contributed by atoms with E-state index in [1.807, 2.05) is 12.1 Å². The zero-order chi connectivity index (χ0) is 15.6. The summed E-state index contributed by atoms with van der Waals surface area (Å²) in [5.74, 6) is 1.37. The Hall–Kier alpha value is -2.54. The minimum absolute atomic E-state index is 0.375. The molecule has 7 heteroatoms. The van der Waals surface area contributed by atoms with Gasteiger partial charge in [-0.15, -0.1) is 14.8 Å². The molecule has 0 radical (unpaired) electrons. The van der Waals surface area contributed by atoms with Crippen molar-refractivity contribution in [2.45, 2.75) is 19.5 Å². The van der Waals surface area contributed by atoms with E-state index in [1.165, 1.54) is 10.2 Å². The third-order valence-corrected chi connectivity index (χ3v) is 4.34. The lowest BCUT2D eigenvalue weighted by molar-refractivity contribution is 0.319. The molecule has 1 aliphatic heterocycles. The van der Waals surface area contributed by atoms with Crippen molar-refractivity contribution in [3.05, 3.63) is 48.0 Å². The fourth-order valence-electron chi connectivity index (χ4n) is 3.14. The van der Waals surface area contributed by atoms with E-state index in [0.29, 0.717) is 17.6 Å². The van der Waals surface area contributed by atoms with E-state index in [4.69, 9.17) is 0 Å². The number of tetrazole rings is 1. The van der Waals surface area contributed by atoms with E-state index in [1.54, 1.807) is 0 Å². The van der Waals surface area contributed by atoms with Gasteiger partial charge in [0, 0.05) is 25.7 Å². The van der Waals surface area contributed by atoms with Gasteiger partial charge in [-0.3, -0.25) is 4.90 Å². The van der Waals surface area contributed by atoms with Gasteiger partial charge in [0.25, 0.3) is 0 Å². The third kappa shape index (κ3) is 3.00. The van der Waals surface area contributed by atoms with Gasteiger partial charge in [0.05, 0.1) is 0 Å². The van der Waals surface area contributed by atoms with Gasteiger partial charge in [0.15, 0.2) is 5.65 Å². The Morgan fingerprint density at radius 3 is 2.87 bits per heavy atom. The van der Waals surface area contributed by atoms with Crippen LogP contribution in [0.1, 0.15) is 12.5 Å². The van der Waals surface area contributed by atoms with Gasteiger partial charge in [-0.25, -0.2) is 0 Å². The van der Waals surface area contributed by atoms with E-state index in [2.05, 4.69) is 68.1 Å². The molecule has 1 saturated heterocycles. The number of anilines is 1. The summed E-state index contributed by atoms with van der Waals surface area (Å²) in [6.45, 7) is 5.35. The summed E-state index contributed by atoms with van der Waals surface area (Å²) >= 11 is 0. The first-order chi connectivity index (χ1) is 11.3. The molecule has 3 aromatic rings. The first-order valence-electron chi connectivity index (χ1n) is 7.86. The molecule has 2 unspecified atom stereocenters. The van der Waals surface area contributed by atoms with Crippen molar-refractivity contribution in [1.82, 2.24) is 30.2 Å². The zero-order valence-electron chi connectivity index (χ0n) is 13.0. The lowest BCUT2D eigenvalue weighted by atomic mass is 10.1. The monoisotopic (exact) mass is 309 g/mol. The molecule has 0 saturated carbocycles. The number of aromatic nitrogens is 5. The fourth-order valence-corrected chi connectivity index (χ4v) is 3.14. The largest absolute Gasteiger partial charge is 0.364 e. The van der Waals surface area contributed by atoms with Crippen LogP contribution in [0.25, 0.3) is 5.65 Å². The van der Waals surface area contributed by atoms with Gasteiger partial charge in [0.2, 0.25) is 0 Å². The van der Waals surface area contributed by atoms with Gasteiger partial charge < -0.3 is 5.32 Å². The number of benzene rings is 1. The molecule has 0 amide bonds. The van der Waals surface area contributed by atoms with Crippen molar-refractivity contribution >= 4 is 11.5 Å². The fraction of sp³-hybridized carbons (Fsp3) is 0.375. The van der Waals surface area contributed by atoms with E-state index < -0.39 is 0 Å². The molecule has 7 nitrogen and oxygen atoms in total. The average Bonchev–Trinajstić information content (AvgIpc) is 3.15. The summed E-state index contributed by atoms with van der Waals surface area (Å²) in [5.41, 5.74) is 2.01. The first-order valence-corrected chi connectivity index (χ1v) is 7.86. The molecule has 23 heavy (non-hydrogen) atoms. The second-order valence-electron chi connectivity index (χ2n) is 6.15. The number of hydrogen-bond acceptors (Lipinski definition) is 6. The van der Waals surface area contributed by atoms with Crippen LogP contribution in [0.4, 0.5) is 5.82 Å². The van der Waals surface area contributed by atoms with E-state index in [9.17, 15) is 0 Å². The summed E-state index contributed by atoms with van der Waals surface area (Å²) in [6, 6.07) is 14.8. The van der Waals surface area contributed by atoms with Crippen LogP contribution in [0.2, 0.25) is 0 Å². The van der Waals surface area contributed by atoms with E-state index >= 15 is 0 Å². The summed E-state index contributed by atoms with van der Waals surface area (Å²) < 4.78 is 1.45. The van der Waals surface area contributed by atoms with Crippen LogP contribution in [-0.4, -0.2) is 49.3 Å². The lowest BCUT2D eigenvalue weighted by Gasteiger charge is -2.17. The molecule has 0 spiro atoms. The number of fused-ring (bicyclic) bond motifs is 1. The highest BCUT2D eigenvalue weighted by atomic mass is 15.6. The molecule has 0 aliphatic carbocycles. The Labute approximate surface area is 134 Å². The van der Waals surface area contributed by atoms with E-state index in [0.717, 1.165) is 25.5 Å². The second-order valence-corrected chi connectivity index (χ2v) is 6.15. The van der Waals surface area contributed by atoms with Gasteiger partial charge in [-0.1, -0.05) is 37.3 Å². The number of likely N-dealkylation sites (tertiary alicyclic amines) is 1. The minimum Gasteiger partial charge on any atom is -0.364 e. The molecule has 1 N–H and O–H groups in total. The normalized spacial score (nSPS) is 21.8.